The molecule has 0 radical (unpaired) electrons. The van der Waals surface area contributed by atoms with Crippen LogP contribution in [0.5, 0.6) is 0 Å². The quantitative estimate of drug-likeness (QED) is 0.105. The standard InChI is InChI=1S/C14H19BO2.C14H17BO2.C13H17BO3.C13H15BO3.C13H17BO2.C13H19BO/c2*1-14(2,3)13(16)11-6-5-10-7-8-17-15(4)12(10)9-11;2*1-13(2,3)12(15)10-6-4-5-9-7-8-17-14(16)11(9)10;1-13(2,3)12(15)10-6-4-5-9-7-8-14(16)11(9)10;1-13(2,3)8-10-6-5-7-12-11(10)9-15-14(12)4/h5-6,9H,7-8H2,1-4H3;5-9H,1-4H3;4-6,16H,7-8H2,1-3H3;4-8,16H,1-3H3;4-6,16H,7-8H2,1-3H3;5-7H,8-9H2,1-4H3. The van der Waals surface area contributed by atoms with Gasteiger partial charge in [0.05, 0.1) is 19.1 Å². The number of fused-ring (bicyclic) bond motifs is 6. The van der Waals surface area contributed by atoms with Crippen LogP contribution in [0.15, 0.2) is 122 Å². The van der Waals surface area contributed by atoms with E-state index in [2.05, 4.69) is 51.9 Å². The maximum absolute atomic E-state index is 12.3. The second-order valence-corrected chi connectivity index (χ2v) is 33.1. The van der Waals surface area contributed by atoms with Crippen molar-refractivity contribution in [1.29, 1.82) is 0 Å². The van der Waals surface area contributed by atoms with Crippen LogP contribution >= 0.6 is 0 Å². The number of rotatable bonds is 6. The minimum atomic E-state index is -1.06. The minimum absolute atomic E-state index is 0.00676. The van der Waals surface area contributed by atoms with E-state index in [4.69, 9.17) is 23.3 Å². The van der Waals surface area contributed by atoms with Crippen molar-refractivity contribution in [3.8, 4) is 0 Å². The highest BCUT2D eigenvalue weighted by Gasteiger charge is 2.37. The average Bonchev–Trinajstić information content (AvgIpc) is 0.914. The number of hydrogen-bond acceptors (Lipinski definition) is 13. The molecule has 0 atom stereocenters. The summed E-state index contributed by atoms with van der Waals surface area (Å²) < 4.78 is 27.0. The molecule has 520 valence electrons. The molecule has 0 bridgehead atoms. The van der Waals surface area contributed by atoms with Gasteiger partial charge in [-0.2, -0.15) is 0 Å². The van der Waals surface area contributed by atoms with Crippen LogP contribution in [-0.4, -0.2) is 99.1 Å². The maximum atomic E-state index is 12.3. The van der Waals surface area contributed by atoms with E-state index >= 15 is 0 Å². The van der Waals surface area contributed by atoms with Gasteiger partial charge < -0.3 is 38.3 Å². The van der Waals surface area contributed by atoms with Crippen LogP contribution in [0.25, 0.3) is 12.2 Å². The number of carbonyl (C=O) groups is 5. The predicted octanol–water partition coefficient (Wildman–Crippen LogP) is 12.1. The van der Waals surface area contributed by atoms with E-state index in [0.717, 1.165) is 89.5 Å². The van der Waals surface area contributed by atoms with Gasteiger partial charge in [0, 0.05) is 73.6 Å². The zero-order chi connectivity index (χ0) is 73.5. The summed E-state index contributed by atoms with van der Waals surface area (Å²) in [4.78, 5) is 61.3. The molecule has 0 fully saturated rings. The Labute approximate surface area is 592 Å². The highest BCUT2D eigenvalue weighted by atomic mass is 16.5. The molecule has 99 heavy (non-hydrogen) atoms. The Balaban J connectivity index is 0.000000167. The first-order valence-electron chi connectivity index (χ1n) is 35.0. The summed E-state index contributed by atoms with van der Waals surface area (Å²) in [5, 5.41) is 29.6. The van der Waals surface area contributed by atoms with E-state index in [1.54, 1.807) is 24.5 Å². The number of hydrogen-bond donors (Lipinski definition) is 3. The summed E-state index contributed by atoms with van der Waals surface area (Å²) in [5.41, 5.74) is 15.8. The Morgan fingerprint density at radius 3 is 1.44 bits per heavy atom. The van der Waals surface area contributed by atoms with Gasteiger partial charge in [0.2, 0.25) is 0 Å². The average molecular weight is 1340 g/mol. The first-order chi connectivity index (χ1) is 46.0. The molecule has 0 saturated heterocycles. The molecule has 19 heteroatoms. The largest absolute Gasteiger partial charge is 0.561 e. The van der Waals surface area contributed by atoms with Gasteiger partial charge in [0.1, 0.15) is 0 Å². The zero-order valence-electron chi connectivity index (χ0n) is 62.7. The van der Waals surface area contributed by atoms with E-state index in [1.807, 2.05) is 196 Å². The number of Topliss-reactive ketones (excluding diaryl/α,β-unsaturated/α-hetero) is 5. The number of benzene rings is 6. The second-order valence-electron chi connectivity index (χ2n) is 33.1. The first kappa shape index (κ1) is 79.2. The van der Waals surface area contributed by atoms with Crippen LogP contribution in [0, 0.1) is 32.5 Å². The van der Waals surface area contributed by atoms with Crippen molar-refractivity contribution in [2.24, 2.45) is 32.5 Å². The predicted molar refractivity (Wildman–Crippen MR) is 410 cm³/mol. The van der Waals surface area contributed by atoms with E-state index in [1.165, 1.54) is 33.9 Å². The van der Waals surface area contributed by atoms with Gasteiger partial charge in [-0.15, -0.1) is 0 Å². The van der Waals surface area contributed by atoms with E-state index in [-0.39, 0.29) is 60.5 Å². The molecule has 0 saturated carbocycles. The molecule has 6 aliphatic heterocycles. The SMILES string of the molecule is CB1OC=Cc2ccc(C(=O)C(C)(C)C)cc21.CB1OCCc2ccc(C(=O)C(C)(C)C)cc21.CB1OCc2c(CC(C)(C)C)cccc21.CC(C)(C)C(=O)c1cccc2c1B(O)CC2.CC(C)(C)C(=O)c1cccc2c1B(O)OC=C2.CC(C)(C)C(=O)c1cccc2c1B(O)OCC2. The molecule has 3 N–H and O–H groups in total. The molecule has 0 amide bonds. The lowest BCUT2D eigenvalue weighted by atomic mass is 9.59. The zero-order valence-corrected chi connectivity index (χ0v) is 62.7. The van der Waals surface area contributed by atoms with Crippen molar-refractivity contribution in [2.45, 2.75) is 184 Å². The summed E-state index contributed by atoms with van der Waals surface area (Å²) in [6.07, 6.45) is 11.3. The Hall–Kier alpha value is -7.10. The maximum Gasteiger partial charge on any atom is 0.561 e. The van der Waals surface area contributed by atoms with Gasteiger partial charge >= 0.3 is 41.9 Å². The molecule has 0 aliphatic carbocycles. The number of ketones is 5. The Bertz CT molecular complexity index is 3980. The molecule has 6 heterocycles. The molecule has 6 aromatic carbocycles. The van der Waals surface area contributed by atoms with Gasteiger partial charge in [-0.1, -0.05) is 253 Å². The van der Waals surface area contributed by atoms with Gasteiger partial charge in [0.15, 0.2) is 28.9 Å². The van der Waals surface area contributed by atoms with Crippen molar-refractivity contribution in [2.75, 3.05) is 13.2 Å². The lowest BCUT2D eigenvalue weighted by Crippen LogP contribution is -2.45. The first-order valence-corrected chi connectivity index (χ1v) is 35.0. The number of carbonyl (C=O) groups excluding carboxylic acids is 5. The van der Waals surface area contributed by atoms with Crippen molar-refractivity contribution in [3.05, 3.63) is 188 Å². The van der Waals surface area contributed by atoms with Gasteiger partial charge in [-0.3, -0.25) is 24.0 Å². The topological polar surface area (TPSA) is 192 Å². The highest BCUT2D eigenvalue weighted by molar-refractivity contribution is 6.70. The molecular weight excluding hydrogens is 1230 g/mol. The highest BCUT2D eigenvalue weighted by Crippen LogP contribution is 2.29. The van der Waals surface area contributed by atoms with E-state index < -0.39 is 37.4 Å². The van der Waals surface area contributed by atoms with Crippen LogP contribution in [0.1, 0.15) is 215 Å². The molecule has 0 spiro atoms. The van der Waals surface area contributed by atoms with E-state index in [9.17, 15) is 39.0 Å². The lowest BCUT2D eigenvalue weighted by molar-refractivity contribution is 0.0852. The minimum Gasteiger partial charge on any atom is -0.561 e. The van der Waals surface area contributed by atoms with Gasteiger partial charge in [-0.05, 0) is 117 Å². The van der Waals surface area contributed by atoms with Crippen LogP contribution in [-0.2, 0) is 55.6 Å². The summed E-state index contributed by atoms with van der Waals surface area (Å²) in [7, 11) is -2.03. The van der Waals surface area contributed by atoms with Crippen molar-refractivity contribution in [3.63, 3.8) is 0 Å². The van der Waals surface area contributed by atoms with Crippen molar-refractivity contribution < 1.29 is 62.3 Å². The van der Waals surface area contributed by atoms with Gasteiger partial charge in [-0.25, -0.2) is 0 Å². The monoisotopic (exact) mass is 1340 g/mol. The van der Waals surface area contributed by atoms with Crippen molar-refractivity contribution in [1.82, 2.24) is 0 Å². The molecule has 13 nitrogen and oxygen atoms in total. The third-order valence-corrected chi connectivity index (χ3v) is 18.1. The molecule has 6 aliphatic rings. The fourth-order valence-electron chi connectivity index (χ4n) is 12.6. The lowest BCUT2D eigenvalue weighted by Gasteiger charge is -2.24. The van der Waals surface area contributed by atoms with Crippen LogP contribution < -0.4 is 32.8 Å². The third-order valence-electron chi connectivity index (χ3n) is 18.1. The van der Waals surface area contributed by atoms with Crippen molar-refractivity contribution >= 4 is 116 Å². The molecule has 12 rings (SSSR count). The molecular formula is C80H104B6O13. The second kappa shape index (κ2) is 32.3. The Kier molecular flexibility index (Phi) is 25.8. The fraction of sp³-hybridized carbons (Fsp3) is 0.438. The van der Waals surface area contributed by atoms with Crippen LogP contribution in [0.4, 0.5) is 0 Å². The molecule has 0 aromatic heterocycles. The Morgan fingerprint density at radius 1 is 0.414 bits per heavy atom. The summed E-state index contributed by atoms with van der Waals surface area (Å²) in [5.74, 6) is 0.525. The molecule has 0 unspecified atom stereocenters. The van der Waals surface area contributed by atoms with Gasteiger partial charge in [0.25, 0.3) is 0 Å². The number of aryl methyl sites for hydroxylation is 1. The summed E-state index contributed by atoms with van der Waals surface area (Å²) in [6.45, 7) is 43.7. The van der Waals surface area contributed by atoms with Crippen LogP contribution in [0.2, 0.25) is 26.8 Å². The third kappa shape index (κ3) is 20.3. The summed E-state index contributed by atoms with van der Waals surface area (Å²) >= 11 is 0. The van der Waals surface area contributed by atoms with E-state index in [0.29, 0.717) is 39.6 Å². The molecule has 6 aromatic rings. The summed E-state index contributed by atoms with van der Waals surface area (Å²) in [6, 6.07) is 35.2. The smallest absolute Gasteiger partial charge is 0.561 e. The Morgan fingerprint density at radius 2 is 0.879 bits per heavy atom. The van der Waals surface area contributed by atoms with Crippen LogP contribution in [0.3, 0.4) is 0 Å². The normalized spacial score (nSPS) is 15.1. The fourth-order valence-corrected chi connectivity index (χ4v) is 12.6.